The number of ether oxygens (including phenoxy) is 2. The van der Waals surface area contributed by atoms with Crippen molar-refractivity contribution in [3.05, 3.63) is 29.6 Å². The summed E-state index contributed by atoms with van der Waals surface area (Å²) in [5, 5.41) is 0. The Kier molecular flexibility index (Phi) is 4.82. The van der Waals surface area contributed by atoms with E-state index >= 15 is 0 Å². The molecule has 6 heteroatoms. The van der Waals surface area contributed by atoms with Crippen molar-refractivity contribution in [2.75, 3.05) is 25.2 Å². The predicted molar refractivity (Wildman–Crippen MR) is 70.1 cm³/mol. The minimum atomic E-state index is -0.311. The second kappa shape index (κ2) is 6.38. The molecule has 0 bridgehead atoms. The van der Waals surface area contributed by atoms with Gasteiger partial charge in [0.2, 0.25) is 0 Å². The number of thioether (sulfide) groups is 1. The van der Waals surface area contributed by atoms with Crippen molar-refractivity contribution < 1.29 is 13.9 Å². The van der Waals surface area contributed by atoms with E-state index in [0.717, 1.165) is 11.5 Å². The van der Waals surface area contributed by atoms with Crippen molar-refractivity contribution in [3.63, 3.8) is 0 Å². The number of rotatable bonds is 4. The number of methoxy groups -OCH3 is 1. The van der Waals surface area contributed by atoms with Crippen LogP contribution >= 0.6 is 11.8 Å². The average molecular weight is 272 g/mol. The molecule has 0 spiro atoms. The summed E-state index contributed by atoms with van der Waals surface area (Å²) in [7, 11) is 1.56. The van der Waals surface area contributed by atoms with Gasteiger partial charge in [-0.2, -0.15) is 11.8 Å². The normalized spacial score (nSPS) is 21.6. The average Bonchev–Trinajstić information content (AvgIpc) is 2.41. The summed E-state index contributed by atoms with van der Waals surface area (Å²) in [6.07, 6.45) is -0.0792. The zero-order chi connectivity index (χ0) is 13.0. The van der Waals surface area contributed by atoms with E-state index in [2.05, 4.69) is 5.43 Å². The van der Waals surface area contributed by atoms with Crippen LogP contribution in [0.2, 0.25) is 0 Å². The van der Waals surface area contributed by atoms with Crippen molar-refractivity contribution in [1.29, 1.82) is 0 Å². The number of benzene rings is 1. The van der Waals surface area contributed by atoms with Gasteiger partial charge in [0.25, 0.3) is 0 Å². The molecule has 0 saturated carbocycles. The van der Waals surface area contributed by atoms with Gasteiger partial charge in [-0.25, -0.2) is 4.39 Å². The Bertz CT molecular complexity index is 400. The fourth-order valence-corrected chi connectivity index (χ4v) is 2.95. The molecule has 2 rings (SSSR count). The largest absolute Gasteiger partial charge is 0.496 e. The van der Waals surface area contributed by atoms with E-state index in [1.807, 2.05) is 0 Å². The van der Waals surface area contributed by atoms with Gasteiger partial charge < -0.3 is 9.47 Å². The Balaban J connectivity index is 2.27. The van der Waals surface area contributed by atoms with Crippen LogP contribution in [-0.4, -0.2) is 31.3 Å². The maximum absolute atomic E-state index is 13.4. The monoisotopic (exact) mass is 272 g/mol. The molecule has 2 atom stereocenters. The molecular formula is C12H17FN2O2S. The Morgan fingerprint density at radius 3 is 3.06 bits per heavy atom. The lowest BCUT2D eigenvalue weighted by atomic mass is 10.0. The molecule has 2 unspecified atom stereocenters. The summed E-state index contributed by atoms with van der Waals surface area (Å²) in [5.41, 5.74) is 3.39. The van der Waals surface area contributed by atoms with E-state index in [1.54, 1.807) is 24.9 Å². The van der Waals surface area contributed by atoms with Gasteiger partial charge in [-0.1, -0.05) is 0 Å². The van der Waals surface area contributed by atoms with Crippen molar-refractivity contribution in [3.8, 4) is 5.75 Å². The number of hydrazine groups is 1. The van der Waals surface area contributed by atoms with Crippen LogP contribution in [-0.2, 0) is 4.74 Å². The third-order valence-corrected chi connectivity index (χ3v) is 3.94. The van der Waals surface area contributed by atoms with E-state index in [1.165, 1.54) is 12.1 Å². The molecule has 1 aromatic carbocycles. The van der Waals surface area contributed by atoms with Crippen molar-refractivity contribution in [1.82, 2.24) is 5.43 Å². The standard InChI is InChI=1S/C12H17FN2O2S/c1-16-10-3-2-8(13)6-9(10)12(15-14)11-7-18-5-4-17-11/h2-3,6,11-12,15H,4-5,7,14H2,1H3. The molecule has 0 aromatic heterocycles. The Labute approximate surface area is 110 Å². The number of hydrogen-bond donors (Lipinski definition) is 2. The molecule has 1 heterocycles. The quantitative estimate of drug-likeness (QED) is 0.642. The summed E-state index contributed by atoms with van der Waals surface area (Å²) in [4.78, 5) is 0. The first-order valence-corrected chi connectivity index (χ1v) is 6.90. The molecule has 18 heavy (non-hydrogen) atoms. The topological polar surface area (TPSA) is 56.5 Å². The highest BCUT2D eigenvalue weighted by molar-refractivity contribution is 7.99. The van der Waals surface area contributed by atoms with Crippen LogP contribution in [0.3, 0.4) is 0 Å². The smallest absolute Gasteiger partial charge is 0.123 e. The van der Waals surface area contributed by atoms with Gasteiger partial charge in [-0.3, -0.25) is 11.3 Å². The first-order chi connectivity index (χ1) is 8.76. The summed E-state index contributed by atoms with van der Waals surface area (Å²) < 4.78 is 24.3. The first kappa shape index (κ1) is 13.6. The first-order valence-electron chi connectivity index (χ1n) is 5.75. The minimum Gasteiger partial charge on any atom is -0.496 e. The molecule has 1 fully saturated rings. The van der Waals surface area contributed by atoms with Crippen LogP contribution in [0.4, 0.5) is 4.39 Å². The number of halogens is 1. The summed E-state index contributed by atoms with van der Waals surface area (Å²) in [5.74, 6) is 7.70. The molecule has 100 valence electrons. The van der Waals surface area contributed by atoms with E-state index in [4.69, 9.17) is 15.3 Å². The lowest BCUT2D eigenvalue weighted by molar-refractivity contribution is 0.0461. The SMILES string of the molecule is COc1ccc(F)cc1C(NN)C1CSCCO1. The van der Waals surface area contributed by atoms with E-state index in [-0.39, 0.29) is 18.0 Å². The van der Waals surface area contributed by atoms with E-state index < -0.39 is 0 Å². The highest BCUT2D eigenvalue weighted by Crippen LogP contribution is 2.31. The van der Waals surface area contributed by atoms with Gasteiger partial charge in [-0.05, 0) is 18.2 Å². The zero-order valence-corrected chi connectivity index (χ0v) is 11.0. The molecule has 4 nitrogen and oxygen atoms in total. The molecule has 1 saturated heterocycles. The van der Waals surface area contributed by atoms with E-state index in [0.29, 0.717) is 17.9 Å². The van der Waals surface area contributed by atoms with E-state index in [9.17, 15) is 4.39 Å². The van der Waals surface area contributed by atoms with Crippen molar-refractivity contribution in [2.45, 2.75) is 12.1 Å². The van der Waals surface area contributed by atoms with Gasteiger partial charge in [-0.15, -0.1) is 0 Å². The number of nitrogens with one attached hydrogen (secondary N) is 1. The maximum Gasteiger partial charge on any atom is 0.123 e. The third-order valence-electron chi connectivity index (χ3n) is 2.92. The fraction of sp³-hybridized carbons (Fsp3) is 0.500. The Hall–Kier alpha value is -0.820. The van der Waals surface area contributed by atoms with Crippen molar-refractivity contribution in [2.24, 2.45) is 5.84 Å². The molecule has 0 aliphatic carbocycles. The highest BCUT2D eigenvalue weighted by Gasteiger charge is 2.28. The Morgan fingerprint density at radius 1 is 1.61 bits per heavy atom. The highest BCUT2D eigenvalue weighted by atomic mass is 32.2. The fourth-order valence-electron chi connectivity index (χ4n) is 2.04. The summed E-state index contributed by atoms with van der Waals surface area (Å²) >= 11 is 1.80. The number of nitrogens with two attached hydrogens (primary N) is 1. The third kappa shape index (κ3) is 2.95. The van der Waals surface area contributed by atoms with Crippen LogP contribution in [0.25, 0.3) is 0 Å². The zero-order valence-electron chi connectivity index (χ0n) is 10.2. The van der Waals surface area contributed by atoms with Gasteiger partial charge in [0.15, 0.2) is 0 Å². The molecule has 0 radical (unpaired) electrons. The van der Waals surface area contributed by atoms with Crippen molar-refractivity contribution >= 4 is 11.8 Å². The molecule has 1 aliphatic rings. The van der Waals surface area contributed by atoms with Gasteiger partial charge in [0.05, 0.1) is 25.9 Å². The van der Waals surface area contributed by atoms with Gasteiger partial charge >= 0.3 is 0 Å². The van der Waals surface area contributed by atoms with Gasteiger partial charge in [0.1, 0.15) is 11.6 Å². The van der Waals surface area contributed by atoms with Gasteiger partial charge in [0, 0.05) is 17.1 Å². The molecule has 0 amide bonds. The second-order valence-corrected chi connectivity index (χ2v) is 5.16. The minimum absolute atomic E-state index is 0.0792. The van der Waals surface area contributed by atoms with Crippen LogP contribution < -0.4 is 16.0 Å². The molecular weight excluding hydrogens is 255 g/mol. The maximum atomic E-state index is 13.4. The molecule has 1 aromatic rings. The number of hydrogen-bond acceptors (Lipinski definition) is 5. The van der Waals surface area contributed by atoms with Crippen LogP contribution in [0.15, 0.2) is 18.2 Å². The second-order valence-electron chi connectivity index (χ2n) is 4.01. The van der Waals surface area contributed by atoms with Crippen LogP contribution in [0.5, 0.6) is 5.75 Å². The van der Waals surface area contributed by atoms with Crippen LogP contribution in [0.1, 0.15) is 11.6 Å². The van der Waals surface area contributed by atoms with Crippen LogP contribution in [0, 0.1) is 5.82 Å². The lowest BCUT2D eigenvalue weighted by Gasteiger charge is -2.30. The summed E-state index contributed by atoms with van der Waals surface area (Å²) in [6, 6.07) is 4.13. The Morgan fingerprint density at radius 2 is 2.44 bits per heavy atom. The predicted octanol–water partition coefficient (Wildman–Crippen LogP) is 1.47. The molecule has 1 aliphatic heterocycles. The summed E-state index contributed by atoms with van der Waals surface area (Å²) in [6.45, 7) is 0.686. The molecule has 3 N–H and O–H groups in total. The lowest BCUT2D eigenvalue weighted by Crippen LogP contribution is -2.41.